The van der Waals surface area contributed by atoms with Crippen molar-refractivity contribution in [1.29, 1.82) is 5.26 Å². The summed E-state index contributed by atoms with van der Waals surface area (Å²) in [6, 6.07) is 20.1. The molecule has 0 aliphatic rings. The maximum absolute atomic E-state index is 13.1. The lowest BCUT2D eigenvalue weighted by Crippen LogP contribution is -2.13. The minimum Gasteiger partial charge on any atom is -0.491 e. The van der Waals surface area contributed by atoms with Gasteiger partial charge in [-0.3, -0.25) is 4.79 Å². The first-order valence-corrected chi connectivity index (χ1v) is 11.2. The van der Waals surface area contributed by atoms with Gasteiger partial charge < -0.3 is 19.5 Å². The van der Waals surface area contributed by atoms with Crippen LogP contribution in [0.1, 0.15) is 31.9 Å². The van der Waals surface area contributed by atoms with Gasteiger partial charge in [-0.05, 0) is 74.4 Å². The number of benzene rings is 3. The Morgan fingerprint density at radius 2 is 1.83 bits per heavy atom. The van der Waals surface area contributed by atoms with Crippen molar-refractivity contribution in [3.8, 4) is 23.3 Å². The number of nitriles is 1. The normalized spacial score (nSPS) is 11.0. The number of anilines is 1. The molecule has 7 heteroatoms. The average Bonchev–Trinajstić information content (AvgIpc) is 2.83. The molecule has 0 aliphatic heterocycles. The van der Waals surface area contributed by atoms with Crippen LogP contribution in [0.15, 0.2) is 72.3 Å². The van der Waals surface area contributed by atoms with Gasteiger partial charge in [0.15, 0.2) is 11.5 Å². The van der Waals surface area contributed by atoms with E-state index in [1.807, 2.05) is 26.8 Å². The predicted molar refractivity (Wildman–Crippen MR) is 133 cm³/mol. The Hall–Kier alpha value is -4.31. The van der Waals surface area contributed by atoms with Crippen LogP contribution >= 0.6 is 0 Å². The van der Waals surface area contributed by atoms with E-state index < -0.39 is 5.91 Å². The SMILES string of the molecule is CCOc1cc(/C=C(/C#N)C(=O)Nc2cccc(OC(C)C)c2)ccc1OCc1ccc(F)cc1. The summed E-state index contributed by atoms with van der Waals surface area (Å²) in [4.78, 5) is 12.7. The van der Waals surface area contributed by atoms with Crippen LogP contribution in [0.4, 0.5) is 10.1 Å². The van der Waals surface area contributed by atoms with Gasteiger partial charge in [0, 0.05) is 11.8 Å². The number of carbonyl (C=O) groups excluding carboxylic acids is 1. The molecule has 0 fully saturated rings. The lowest BCUT2D eigenvalue weighted by Gasteiger charge is -2.13. The molecule has 1 amide bonds. The van der Waals surface area contributed by atoms with E-state index in [4.69, 9.17) is 14.2 Å². The van der Waals surface area contributed by atoms with Crippen molar-refractivity contribution in [2.75, 3.05) is 11.9 Å². The smallest absolute Gasteiger partial charge is 0.266 e. The van der Waals surface area contributed by atoms with Crippen LogP contribution in [0.5, 0.6) is 17.2 Å². The van der Waals surface area contributed by atoms with Crippen molar-refractivity contribution in [3.63, 3.8) is 0 Å². The zero-order chi connectivity index (χ0) is 25.2. The Morgan fingerprint density at radius 1 is 1.06 bits per heavy atom. The van der Waals surface area contributed by atoms with Crippen LogP contribution in [0, 0.1) is 17.1 Å². The fraction of sp³-hybridized carbons (Fsp3) is 0.214. The predicted octanol–water partition coefficient (Wildman–Crippen LogP) is 6.14. The molecule has 0 heterocycles. The number of ether oxygens (including phenoxy) is 3. The Labute approximate surface area is 204 Å². The number of hydrogen-bond acceptors (Lipinski definition) is 5. The Balaban J connectivity index is 1.75. The first-order valence-electron chi connectivity index (χ1n) is 11.2. The molecule has 35 heavy (non-hydrogen) atoms. The summed E-state index contributed by atoms with van der Waals surface area (Å²) in [6.45, 7) is 6.31. The standard InChI is InChI=1S/C28H27FN2O4/c1-4-33-27-15-21(10-13-26(27)34-18-20-8-11-23(29)12-9-20)14-22(17-30)28(32)31-24-6-5-7-25(16-24)35-19(2)3/h5-16,19H,4,18H2,1-3H3,(H,31,32)/b22-14-. The monoisotopic (exact) mass is 474 g/mol. The minimum atomic E-state index is -0.538. The summed E-state index contributed by atoms with van der Waals surface area (Å²) in [5.41, 5.74) is 1.87. The Morgan fingerprint density at radius 3 is 2.51 bits per heavy atom. The summed E-state index contributed by atoms with van der Waals surface area (Å²) in [7, 11) is 0. The maximum atomic E-state index is 13.1. The second-order valence-electron chi connectivity index (χ2n) is 7.87. The number of nitrogens with zero attached hydrogens (tertiary/aromatic N) is 1. The van der Waals surface area contributed by atoms with Crippen LogP contribution in [0.2, 0.25) is 0 Å². The molecule has 180 valence electrons. The number of nitrogens with one attached hydrogen (secondary N) is 1. The first-order chi connectivity index (χ1) is 16.9. The van der Waals surface area contributed by atoms with Gasteiger partial charge in [-0.15, -0.1) is 0 Å². The van der Waals surface area contributed by atoms with Gasteiger partial charge >= 0.3 is 0 Å². The van der Waals surface area contributed by atoms with Crippen molar-refractivity contribution in [1.82, 2.24) is 0 Å². The Bertz CT molecular complexity index is 1230. The van der Waals surface area contributed by atoms with Gasteiger partial charge in [-0.1, -0.05) is 24.3 Å². The number of carbonyl (C=O) groups is 1. The van der Waals surface area contributed by atoms with E-state index >= 15 is 0 Å². The van der Waals surface area contributed by atoms with E-state index in [1.54, 1.807) is 54.6 Å². The van der Waals surface area contributed by atoms with E-state index in [0.29, 0.717) is 35.1 Å². The van der Waals surface area contributed by atoms with E-state index in [0.717, 1.165) is 5.56 Å². The number of rotatable bonds is 10. The van der Waals surface area contributed by atoms with Crippen LogP contribution in [-0.2, 0) is 11.4 Å². The third-order valence-electron chi connectivity index (χ3n) is 4.71. The van der Waals surface area contributed by atoms with Crippen LogP contribution in [0.25, 0.3) is 6.08 Å². The van der Waals surface area contributed by atoms with E-state index in [1.165, 1.54) is 18.2 Å². The minimum absolute atomic E-state index is 0.00214. The summed E-state index contributed by atoms with van der Waals surface area (Å²) < 4.78 is 30.3. The maximum Gasteiger partial charge on any atom is 0.266 e. The number of hydrogen-bond donors (Lipinski definition) is 1. The summed E-state index contributed by atoms with van der Waals surface area (Å²) in [5.74, 6) is 0.744. The fourth-order valence-corrected chi connectivity index (χ4v) is 3.18. The van der Waals surface area contributed by atoms with Crippen LogP contribution < -0.4 is 19.5 Å². The topological polar surface area (TPSA) is 80.6 Å². The molecule has 1 N–H and O–H groups in total. The Kier molecular flexibility index (Phi) is 8.85. The van der Waals surface area contributed by atoms with Crippen molar-refractivity contribution in [2.24, 2.45) is 0 Å². The molecule has 3 rings (SSSR count). The van der Waals surface area contributed by atoms with Gasteiger partial charge in [-0.25, -0.2) is 4.39 Å². The molecule has 0 unspecified atom stereocenters. The molecule has 0 bridgehead atoms. The van der Waals surface area contributed by atoms with Gasteiger partial charge in [0.05, 0.1) is 12.7 Å². The third-order valence-corrected chi connectivity index (χ3v) is 4.71. The van der Waals surface area contributed by atoms with E-state index in [-0.39, 0.29) is 24.1 Å². The van der Waals surface area contributed by atoms with Crippen molar-refractivity contribution >= 4 is 17.7 Å². The number of halogens is 1. The van der Waals surface area contributed by atoms with Gasteiger partial charge in [0.25, 0.3) is 5.91 Å². The highest BCUT2D eigenvalue weighted by atomic mass is 19.1. The molecule has 3 aromatic carbocycles. The molecule has 6 nitrogen and oxygen atoms in total. The number of amides is 1. The lowest BCUT2D eigenvalue weighted by molar-refractivity contribution is -0.112. The average molecular weight is 475 g/mol. The fourth-order valence-electron chi connectivity index (χ4n) is 3.18. The van der Waals surface area contributed by atoms with Crippen molar-refractivity contribution in [2.45, 2.75) is 33.5 Å². The highest BCUT2D eigenvalue weighted by Crippen LogP contribution is 2.30. The van der Waals surface area contributed by atoms with E-state index in [2.05, 4.69) is 5.32 Å². The quantitative estimate of drug-likeness (QED) is 0.282. The van der Waals surface area contributed by atoms with E-state index in [9.17, 15) is 14.4 Å². The molecule has 3 aromatic rings. The largest absolute Gasteiger partial charge is 0.491 e. The van der Waals surface area contributed by atoms with Crippen LogP contribution in [0.3, 0.4) is 0 Å². The molecule has 0 aliphatic carbocycles. The molecular formula is C28H27FN2O4. The summed E-state index contributed by atoms with van der Waals surface area (Å²) >= 11 is 0. The first kappa shape index (κ1) is 25.3. The molecule has 0 saturated carbocycles. The van der Waals surface area contributed by atoms with Gasteiger partial charge in [0.2, 0.25) is 0 Å². The molecule has 0 spiro atoms. The third kappa shape index (κ3) is 7.61. The summed E-state index contributed by atoms with van der Waals surface area (Å²) in [6.07, 6.45) is 1.48. The van der Waals surface area contributed by atoms with Crippen molar-refractivity contribution < 1.29 is 23.4 Å². The highest BCUT2D eigenvalue weighted by Gasteiger charge is 2.12. The van der Waals surface area contributed by atoms with Crippen LogP contribution in [-0.4, -0.2) is 18.6 Å². The summed E-state index contributed by atoms with van der Waals surface area (Å²) in [5, 5.41) is 12.3. The second-order valence-corrected chi connectivity index (χ2v) is 7.87. The van der Waals surface area contributed by atoms with Gasteiger partial charge in [0.1, 0.15) is 29.8 Å². The molecule has 0 radical (unpaired) electrons. The molecule has 0 saturated heterocycles. The molecule has 0 atom stereocenters. The molecular weight excluding hydrogens is 447 g/mol. The lowest BCUT2D eigenvalue weighted by atomic mass is 10.1. The van der Waals surface area contributed by atoms with Crippen molar-refractivity contribution in [3.05, 3.63) is 89.2 Å². The zero-order valence-electron chi connectivity index (χ0n) is 19.9. The zero-order valence-corrected chi connectivity index (χ0v) is 19.9. The highest BCUT2D eigenvalue weighted by molar-refractivity contribution is 6.09. The van der Waals surface area contributed by atoms with Gasteiger partial charge in [-0.2, -0.15) is 5.26 Å². The molecule has 0 aromatic heterocycles. The second kappa shape index (κ2) is 12.2.